The Labute approximate surface area is 123 Å². The molecule has 1 heterocycles. The topological polar surface area (TPSA) is 24.9 Å². The molecule has 19 heavy (non-hydrogen) atoms. The van der Waals surface area contributed by atoms with Crippen molar-refractivity contribution < 1.29 is 0 Å². The molecule has 1 aromatic carbocycles. The summed E-state index contributed by atoms with van der Waals surface area (Å²) in [6.07, 6.45) is 1.04. The molecule has 4 heteroatoms. The maximum atomic E-state index is 4.60. The van der Waals surface area contributed by atoms with Gasteiger partial charge in [-0.15, -0.1) is 23.1 Å². The van der Waals surface area contributed by atoms with Crippen LogP contribution in [0.5, 0.6) is 0 Å². The van der Waals surface area contributed by atoms with Crippen LogP contribution >= 0.6 is 23.1 Å². The first-order chi connectivity index (χ1) is 9.31. The maximum absolute atomic E-state index is 4.60. The SMILES string of the molecule is CCNCc1cccc(SCc2csc(CC)n2)c1. The molecule has 0 radical (unpaired) electrons. The molecule has 1 N–H and O–H groups in total. The molecule has 0 unspecified atom stereocenters. The van der Waals surface area contributed by atoms with E-state index in [1.165, 1.54) is 21.2 Å². The summed E-state index contributed by atoms with van der Waals surface area (Å²) in [6, 6.07) is 8.74. The molecule has 0 amide bonds. The molecule has 102 valence electrons. The first-order valence-corrected chi connectivity index (χ1v) is 8.54. The van der Waals surface area contributed by atoms with Gasteiger partial charge in [0.15, 0.2) is 0 Å². The fraction of sp³-hybridized carbons (Fsp3) is 0.400. The van der Waals surface area contributed by atoms with E-state index in [1.54, 1.807) is 11.3 Å². The van der Waals surface area contributed by atoms with Crippen molar-refractivity contribution in [2.75, 3.05) is 6.54 Å². The Hall–Kier alpha value is -0.840. The molecule has 0 spiro atoms. The third-order valence-electron chi connectivity index (χ3n) is 2.77. The lowest BCUT2D eigenvalue weighted by molar-refractivity contribution is 0.725. The van der Waals surface area contributed by atoms with Gasteiger partial charge in [-0.05, 0) is 30.7 Å². The number of thiazole rings is 1. The number of benzene rings is 1. The molecule has 2 nitrogen and oxygen atoms in total. The summed E-state index contributed by atoms with van der Waals surface area (Å²) in [5.41, 5.74) is 2.54. The summed E-state index contributed by atoms with van der Waals surface area (Å²) in [5.74, 6) is 0.959. The molecule has 0 aliphatic carbocycles. The standard InChI is InChI=1S/C15H20N2S2/c1-3-15-17-13(11-19-15)10-18-14-7-5-6-12(8-14)9-16-4-2/h5-8,11,16H,3-4,9-10H2,1-2H3. The lowest BCUT2D eigenvalue weighted by Gasteiger charge is -2.05. The molecule has 2 aromatic rings. The summed E-state index contributed by atoms with van der Waals surface area (Å²) in [6.45, 7) is 6.24. The second-order valence-electron chi connectivity index (χ2n) is 4.30. The van der Waals surface area contributed by atoms with Crippen LogP contribution in [0.15, 0.2) is 34.5 Å². The van der Waals surface area contributed by atoms with Crippen molar-refractivity contribution in [3.05, 3.63) is 45.9 Å². The predicted octanol–water partition coefficient (Wildman–Crippen LogP) is 4.11. The average Bonchev–Trinajstić information content (AvgIpc) is 2.91. The summed E-state index contributed by atoms with van der Waals surface area (Å²) in [4.78, 5) is 5.92. The first kappa shape index (κ1) is 14.6. The highest BCUT2D eigenvalue weighted by Gasteiger charge is 2.02. The normalized spacial score (nSPS) is 10.8. The summed E-state index contributed by atoms with van der Waals surface area (Å²) in [7, 11) is 0. The van der Waals surface area contributed by atoms with Crippen molar-refractivity contribution >= 4 is 23.1 Å². The number of nitrogens with one attached hydrogen (secondary N) is 1. The van der Waals surface area contributed by atoms with Gasteiger partial charge >= 0.3 is 0 Å². The van der Waals surface area contributed by atoms with E-state index in [-0.39, 0.29) is 0 Å². The zero-order chi connectivity index (χ0) is 13.5. The molecule has 0 saturated carbocycles. The van der Waals surface area contributed by atoms with Gasteiger partial charge in [0.25, 0.3) is 0 Å². The van der Waals surface area contributed by atoms with Crippen LogP contribution in [-0.4, -0.2) is 11.5 Å². The fourth-order valence-electron chi connectivity index (χ4n) is 1.75. The molecule has 0 bridgehead atoms. The van der Waals surface area contributed by atoms with E-state index in [0.717, 1.165) is 25.3 Å². The van der Waals surface area contributed by atoms with Gasteiger partial charge in [0.05, 0.1) is 10.7 Å². The zero-order valence-corrected chi connectivity index (χ0v) is 13.1. The molecule has 0 aliphatic rings. The largest absolute Gasteiger partial charge is 0.313 e. The lowest BCUT2D eigenvalue weighted by Crippen LogP contribution is -2.11. The Bertz CT molecular complexity index is 508. The molecule has 1 aromatic heterocycles. The number of hydrogen-bond acceptors (Lipinski definition) is 4. The highest BCUT2D eigenvalue weighted by molar-refractivity contribution is 7.98. The highest BCUT2D eigenvalue weighted by Crippen LogP contribution is 2.24. The number of aryl methyl sites for hydroxylation is 1. The van der Waals surface area contributed by atoms with Gasteiger partial charge in [0.2, 0.25) is 0 Å². The Kier molecular flexibility index (Phi) is 5.89. The maximum Gasteiger partial charge on any atom is 0.0925 e. The Balaban J connectivity index is 1.91. The van der Waals surface area contributed by atoms with Gasteiger partial charge < -0.3 is 5.32 Å². The molecule has 0 fully saturated rings. The van der Waals surface area contributed by atoms with Gasteiger partial charge in [-0.2, -0.15) is 0 Å². The minimum absolute atomic E-state index is 0.946. The van der Waals surface area contributed by atoms with Gasteiger partial charge in [0, 0.05) is 22.6 Å². The molecule has 2 rings (SSSR count). The number of nitrogens with zero attached hydrogens (tertiary/aromatic N) is 1. The van der Waals surface area contributed by atoms with Crippen LogP contribution in [0.25, 0.3) is 0 Å². The molecular formula is C15H20N2S2. The minimum Gasteiger partial charge on any atom is -0.313 e. The van der Waals surface area contributed by atoms with Crippen molar-refractivity contribution in [1.29, 1.82) is 0 Å². The monoisotopic (exact) mass is 292 g/mol. The Morgan fingerprint density at radius 3 is 2.95 bits per heavy atom. The third kappa shape index (κ3) is 4.64. The zero-order valence-electron chi connectivity index (χ0n) is 11.5. The van der Waals surface area contributed by atoms with E-state index in [1.807, 2.05) is 11.8 Å². The van der Waals surface area contributed by atoms with Crippen molar-refractivity contribution in [3.63, 3.8) is 0 Å². The van der Waals surface area contributed by atoms with Gasteiger partial charge in [-0.25, -0.2) is 4.98 Å². The second kappa shape index (κ2) is 7.68. The van der Waals surface area contributed by atoms with E-state index in [2.05, 4.69) is 53.8 Å². The minimum atomic E-state index is 0.946. The quantitative estimate of drug-likeness (QED) is 0.777. The number of thioether (sulfide) groups is 1. The number of hydrogen-bond donors (Lipinski definition) is 1. The summed E-state index contributed by atoms with van der Waals surface area (Å²) >= 11 is 3.63. The van der Waals surface area contributed by atoms with E-state index in [0.29, 0.717) is 0 Å². The van der Waals surface area contributed by atoms with E-state index >= 15 is 0 Å². The second-order valence-corrected chi connectivity index (χ2v) is 6.29. The molecule has 0 saturated heterocycles. The number of aromatic nitrogens is 1. The third-order valence-corrected chi connectivity index (χ3v) is 4.84. The highest BCUT2D eigenvalue weighted by atomic mass is 32.2. The van der Waals surface area contributed by atoms with Crippen LogP contribution in [0.3, 0.4) is 0 Å². The first-order valence-electron chi connectivity index (χ1n) is 6.67. The molecular weight excluding hydrogens is 272 g/mol. The van der Waals surface area contributed by atoms with Crippen molar-refractivity contribution in [3.8, 4) is 0 Å². The lowest BCUT2D eigenvalue weighted by atomic mass is 10.2. The van der Waals surface area contributed by atoms with Gasteiger partial charge in [-0.3, -0.25) is 0 Å². The van der Waals surface area contributed by atoms with Crippen molar-refractivity contribution in [1.82, 2.24) is 10.3 Å². The van der Waals surface area contributed by atoms with Crippen molar-refractivity contribution in [2.45, 2.75) is 37.5 Å². The van der Waals surface area contributed by atoms with Crippen molar-refractivity contribution in [2.24, 2.45) is 0 Å². The van der Waals surface area contributed by atoms with Gasteiger partial charge in [0.1, 0.15) is 0 Å². The van der Waals surface area contributed by atoms with Crippen LogP contribution in [0.4, 0.5) is 0 Å². The summed E-state index contributed by atoms with van der Waals surface area (Å²) < 4.78 is 0. The Morgan fingerprint density at radius 2 is 2.21 bits per heavy atom. The smallest absolute Gasteiger partial charge is 0.0925 e. The van der Waals surface area contributed by atoms with E-state index in [9.17, 15) is 0 Å². The van der Waals surface area contributed by atoms with Gasteiger partial charge in [-0.1, -0.05) is 26.0 Å². The summed E-state index contributed by atoms with van der Waals surface area (Å²) in [5, 5.41) is 6.76. The number of rotatable bonds is 7. The predicted molar refractivity (Wildman–Crippen MR) is 84.9 cm³/mol. The van der Waals surface area contributed by atoms with Crippen LogP contribution in [0.1, 0.15) is 30.1 Å². The van der Waals surface area contributed by atoms with Crippen LogP contribution < -0.4 is 5.32 Å². The van der Waals surface area contributed by atoms with Crippen LogP contribution in [0, 0.1) is 0 Å². The van der Waals surface area contributed by atoms with Crippen LogP contribution in [0.2, 0.25) is 0 Å². The van der Waals surface area contributed by atoms with Crippen LogP contribution in [-0.2, 0) is 18.7 Å². The molecule has 0 atom stereocenters. The molecule has 0 aliphatic heterocycles. The average molecular weight is 292 g/mol. The van der Waals surface area contributed by atoms with E-state index in [4.69, 9.17) is 0 Å². The Morgan fingerprint density at radius 1 is 1.32 bits per heavy atom. The van der Waals surface area contributed by atoms with E-state index < -0.39 is 0 Å². The fourth-order valence-corrected chi connectivity index (χ4v) is 3.47.